The maximum absolute atomic E-state index is 12.5. The number of rotatable bonds is 10. The van der Waals surface area contributed by atoms with Gasteiger partial charge in [-0.2, -0.15) is 0 Å². The SMILES string of the molecule is CCCCCOc1cccc(OCC(=O)N2CCN(Cc3ccccc3)CC2)c1. The molecular weight excluding hydrogens is 364 g/mol. The molecule has 156 valence electrons. The predicted molar refractivity (Wildman–Crippen MR) is 115 cm³/mol. The molecule has 0 unspecified atom stereocenters. The molecule has 1 heterocycles. The van der Waals surface area contributed by atoms with Gasteiger partial charge in [0, 0.05) is 38.8 Å². The molecule has 29 heavy (non-hydrogen) atoms. The van der Waals surface area contributed by atoms with E-state index in [1.807, 2.05) is 35.2 Å². The van der Waals surface area contributed by atoms with Gasteiger partial charge in [-0.1, -0.05) is 56.2 Å². The molecular formula is C24H32N2O3. The van der Waals surface area contributed by atoms with Crippen molar-refractivity contribution in [2.45, 2.75) is 32.7 Å². The van der Waals surface area contributed by atoms with Gasteiger partial charge in [0.1, 0.15) is 11.5 Å². The van der Waals surface area contributed by atoms with Gasteiger partial charge < -0.3 is 14.4 Å². The average molecular weight is 397 g/mol. The molecule has 0 aliphatic carbocycles. The number of carbonyl (C=O) groups is 1. The second-order valence-corrected chi connectivity index (χ2v) is 7.46. The summed E-state index contributed by atoms with van der Waals surface area (Å²) < 4.78 is 11.5. The highest BCUT2D eigenvalue weighted by Gasteiger charge is 2.21. The number of ether oxygens (including phenoxy) is 2. The number of hydrogen-bond acceptors (Lipinski definition) is 4. The standard InChI is InChI=1S/C24H32N2O3/c1-2-3-7-17-28-22-11-8-12-23(18-22)29-20-24(27)26-15-13-25(14-16-26)19-21-9-5-4-6-10-21/h4-6,8-12,18H,2-3,7,13-17,19-20H2,1H3. The van der Waals surface area contributed by atoms with Crippen molar-refractivity contribution in [3.8, 4) is 11.5 Å². The lowest BCUT2D eigenvalue weighted by Gasteiger charge is -2.34. The molecule has 1 aliphatic rings. The molecule has 0 aromatic heterocycles. The molecule has 0 N–H and O–H groups in total. The molecule has 3 rings (SSSR count). The molecule has 2 aromatic carbocycles. The highest BCUT2D eigenvalue weighted by Crippen LogP contribution is 2.20. The summed E-state index contributed by atoms with van der Waals surface area (Å²) in [7, 11) is 0. The monoisotopic (exact) mass is 396 g/mol. The number of hydrogen-bond donors (Lipinski definition) is 0. The van der Waals surface area contributed by atoms with Crippen LogP contribution >= 0.6 is 0 Å². The van der Waals surface area contributed by atoms with E-state index in [0.717, 1.165) is 44.9 Å². The number of amides is 1. The van der Waals surface area contributed by atoms with Crippen molar-refractivity contribution in [3.63, 3.8) is 0 Å². The van der Waals surface area contributed by atoms with Crippen LogP contribution in [0.2, 0.25) is 0 Å². The second kappa shape index (κ2) is 11.5. The maximum Gasteiger partial charge on any atom is 0.260 e. The summed E-state index contributed by atoms with van der Waals surface area (Å²) in [6, 6.07) is 18.0. The lowest BCUT2D eigenvalue weighted by molar-refractivity contribution is -0.135. The molecule has 1 saturated heterocycles. The van der Waals surface area contributed by atoms with Crippen molar-refractivity contribution in [1.29, 1.82) is 0 Å². The quantitative estimate of drug-likeness (QED) is 0.570. The van der Waals surface area contributed by atoms with Gasteiger partial charge in [-0.25, -0.2) is 0 Å². The van der Waals surface area contributed by atoms with Gasteiger partial charge in [-0.15, -0.1) is 0 Å². The van der Waals surface area contributed by atoms with Crippen LogP contribution in [0.5, 0.6) is 11.5 Å². The fourth-order valence-electron chi connectivity index (χ4n) is 3.43. The first-order chi connectivity index (χ1) is 14.2. The Morgan fingerprint density at radius 2 is 1.62 bits per heavy atom. The van der Waals surface area contributed by atoms with Crippen LogP contribution in [-0.2, 0) is 11.3 Å². The number of unbranched alkanes of at least 4 members (excludes halogenated alkanes) is 2. The zero-order valence-electron chi connectivity index (χ0n) is 17.4. The molecule has 0 atom stereocenters. The normalized spacial score (nSPS) is 14.6. The third-order valence-corrected chi connectivity index (χ3v) is 5.16. The highest BCUT2D eigenvalue weighted by atomic mass is 16.5. The van der Waals surface area contributed by atoms with Crippen LogP contribution in [0.25, 0.3) is 0 Å². The fraction of sp³-hybridized carbons (Fsp3) is 0.458. The Hall–Kier alpha value is -2.53. The Bertz CT molecular complexity index is 743. The number of carbonyl (C=O) groups excluding carboxylic acids is 1. The first kappa shape index (κ1) is 21.2. The first-order valence-electron chi connectivity index (χ1n) is 10.6. The number of nitrogens with zero attached hydrogens (tertiary/aromatic N) is 2. The van der Waals surface area contributed by atoms with E-state index in [9.17, 15) is 4.79 Å². The summed E-state index contributed by atoms with van der Waals surface area (Å²) >= 11 is 0. The summed E-state index contributed by atoms with van der Waals surface area (Å²) in [5.74, 6) is 1.51. The summed E-state index contributed by atoms with van der Waals surface area (Å²) in [4.78, 5) is 16.8. The molecule has 1 aliphatic heterocycles. The van der Waals surface area contributed by atoms with E-state index in [2.05, 4.69) is 36.1 Å². The summed E-state index contributed by atoms with van der Waals surface area (Å²) in [6.07, 6.45) is 3.40. The molecule has 0 saturated carbocycles. The largest absolute Gasteiger partial charge is 0.493 e. The summed E-state index contributed by atoms with van der Waals surface area (Å²) in [5.41, 5.74) is 1.31. The van der Waals surface area contributed by atoms with Crippen molar-refractivity contribution >= 4 is 5.91 Å². The molecule has 0 radical (unpaired) electrons. The Morgan fingerprint density at radius 3 is 2.34 bits per heavy atom. The van der Waals surface area contributed by atoms with Crippen molar-refractivity contribution in [3.05, 3.63) is 60.2 Å². The summed E-state index contributed by atoms with van der Waals surface area (Å²) in [6.45, 7) is 7.16. The van der Waals surface area contributed by atoms with E-state index in [1.165, 1.54) is 18.4 Å². The lowest BCUT2D eigenvalue weighted by Crippen LogP contribution is -2.49. The van der Waals surface area contributed by atoms with Gasteiger partial charge in [-0.3, -0.25) is 9.69 Å². The first-order valence-corrected chi connectivity index (χ1v) is 10.6. The van der Waals surface area contributed by atoms with Crippen LogP contribution in [0.1, 0.15) is 31.7 Å². The van der Waals surface area contributed by atoms with E-state index in [4.69, 9.17) is 9.47 Å². The Balaban J connectivity index is 1.39. The lowest BCUT2D eigenvalue weighted by atomic mass is 10.2. The average Bonchev–Trinajstić information content (AvgIpc) is 2.77. The van der Waals surface area contributed by atoms with Crippen LogP contribution in [-0.4, -0.2) is 55.1 Å². The van der Waals surface area contributed by atoms with E-state index in [-0.39, 0.29) is 12.5 Å². The van der Waals surface area contributed by atoms with E-state index in [1.54, 1.807) is 0 Å². The minimum absolute atomic E-state index is 0.0404. The molecule has 1 fully saturated rings. The predicted octanol–water partition coefficient (Wildman–Crippen LogP) is 3.98. The van der Waals surface area contributed by atoms with E-state index >= 15 is 0 Å². The van der Waals surface area contributed by atoms with E-state index < -0.39 is 0 Å². The maximum atomic E-state index is 12.5. The third kappa shape index (κ3) is 7.09. The molecule has 5 heteroatoms. The van der Waals surface area contributed by atoms with Crippen LogP contribution in [0.15, 0.2) is 54.6 Å². The number of piperazine rings is 1. The van der Waals surface area contributed by atoms with Crippen molar-refractivity contribution in [2.24, 2.45) is 0 Å². The zero-order valence-corrected chi connectivity index (χ0v) is 17.4. The van der Waals surface area contributed by atoms with Crippen molar-refractivity contribution in [1.82, 2.24) is 9.80 Å². The van der Waals surface area contributed by atoms with Gasteiger partial charge >= 0.3 is 0 Å². The molecule has 0 bridgehead atoms. The van der Waals surface area contributed by atoms with Crippen LogP contribution < -0.4 is 9.47 Å². The van der Waals surface area contributed by atoms with Gasteiger partial charge in [-0.05, 0) is 24.1 Å². The minimum atomic E-state index is 0.0404. The molecule has 2 aromatic rings. The molecule has 0 spiro atoms. The molecule has 1 amide bonds. The number of benzene rings is 2. The second-order valence-electron chi connectivity index (χ2n) is 7.46. The van der Waals surface area contributed by atoms with Gasteiger partial charge in [0.25, 0.3) is 5.91 Å². The Kier molecular flexibility index (Phi) is 8.38. The minimum Gasteiger partial charge on any atom is -0.493 e. The Labute approximate surface area is 174 Å². The summed E-state index contributed by atoms with van der Waals surface area (Å²) in [5, 5.41) is 0. The van der Waals surface area contributed by atoms with Crippen molar-refractivity contribution in [2.75, 3.05) is 39.4 Å². The van der Waals surface area contributed by atoms with Crippen LogP contribution in [0.4, 0.5) is 0 Å². The Morgan fingerprint density at radius 1 is 0.897 bits per heavy atom. The van der Waals surface area contributed by atoms with Crippen LogP contribution in [0.3, 0.4) is 0 Å². The molecule has 5 nitrogen and oxygen atoms in total. The van der Waals surface area contributed by atoms with E-state index in [0.29, 0.717) is 12.4 Å². The third-order valence-electron chi connectivity index (χ3n) is 5.16. The zero-order chi connectivity index (χ0) is 20.3. The van der Waals surface area contributed by atoms with Crippen LogP contribution in [0, 0.1) is 0 Å². The van der Waals surface area contributed by atoms with Crippen molar-refractivity contribution < 1.29 is 14.3 Å². The van der Waals surface area contributed by atoms with Gasteiger partial charge in [0.05, 0.1) is 6.61 Å². The van der Waals surface area contributed by atoms with Gasteiger partial charge in [0.15, 0.2) is 6.61 Å². The smallest absolute Gasteiger partial charge is 0.260 e. The highest BCUT2D eigenvalue weighted by molar-refractivity contribution is 5.77. The van der Waals surface area contributed by atoms with Gasteiger partial charge in [0.2, 0.25) is 0 Å². The topological polar surface area (TPSA) is 42.0 Å². The fourth-order valence-corrected chi connectivity index (χ4v) is 3.43.